The number of fused-ring (bicyclic) bond motifs is 2. The van der Waals surface area contributed by atoms with E-state index in [2.05, 4.69) is 33.7 Å². The zero-order chi connectivity index (χ0) is 17.1. The molecule has 0 aliphatic carbocycles. The molecule has 2 unspecified atom stereocenters. The maximum absolute atomic E-state index is 12.5. The first-order valence-electron chi connectivity index (χ1n) is 9.69. The van der Waals surface area contributed by atoms with E-state index in [9.17, 15) is 4.79 Å². The molecule has 1 aromatic carbocycles. The van der Waals surface area contributed by atoms with Crippen LogP contribution in [0.15, 0.2) is 24.3 Å². The molecule has 1 amide bonds. The lowest BCUT2D eigenvalue weighted by molar-refractivity contribution is -0.117. The number of anilines is 1. The minimum atomic E-state index is 0. The van der Waals surface area contributed by atoms with E-state index in [0.29, 0.717) is 24.4 Å². The molecule has 4 nitrogen and oxygen atoms in total. The second-order valence-electron chi connectivity index (χ2n) is 7.82. The first kappa shape index (κ1) is 22.8. The first-order chi connectivity index (χ1) is 12.2. The number of benzene rings is 1. The van der Waals surface area contributed by atoms with E-state index in [4.69, 9.17) is 0 Å². The number of hydrogen-bond donors (Lipinski definition) is 2. The molecule has 0 saturated carbocycles. The van der Waals surface area contributed by atoms with Crippen molar-refractivity contribution >= 4 is 48.2 Å². The molecule has 3 heterocycles. The van der Waals surface area contributed by atoms with Crippen LogP contribution in [-0.4, -0.2) is 47.5 Å². The minimum absolute atomic E-state index is 0. The summed E-state index contributed by atoms with van der Waals surface area (Å²) in [5.41, 5.74) is 2.25. The molecule has 0 aromatic heterocycles. The smallest absolute Gasteiger partial charge is 0.224 e. The number of rotatable bonds is 5. The van der Waals surface area contributed by atoms with E-state index in [-0.39, 0.29) is 30.7 Å². The third-order valence-corrected chi connectivity index (χ3v) is 6.71. The zero-order valence-corrected chi connectivity index (χ0v) is 18.1. The molecule has 27 heavy (non-hydrogen) atoms. The normalized spacial score (nSPS) is 27.3. The number of carbonyl (C=O) groups excluding carboxylic acids is 1. The zero-order valence-electron chi connectivity index (χ0n) is 15.7. The van der Waals surface area contributed by atoms with Crippen LogP contribution in [0, 0.1) is 5.92 Å². The van der Waals surface area contributed by atoms with Gasteiger partial charge in [-0.05, 0) is 49.3 Å². The summed E-state index contributed by atoms with van der Waals surface area (Å²) in [6, 6.07) is 9.70. The predicted octanol–water partition coefficient (Wildman–Crippen LogP) is 3.94. The fourth-order valence-electron chi connectivity index (χ4n) is 4.58. The van der Waals surface area contributed by atoms with Crippen LogP contribution in [-0.2, 0) is 11.3 Å². The first-order valence-corrected chi connectivity index (χ1v) is 10.8. The summed E-state index contributed by atoms with van der Waals surface area (Å²) in [6.45, 7) is 3.32. The van der Waals surface area contributed by atoms with Crippen LogP contribution in [0.25, 0.3) is 0 Å². The molecule has 1 aromatic rings. The van der Waals surface area contributed by atoms with Gasteiger partial charge >= 0.3 is 0 Å². The molecule has 4 rings (SSSR count). The van der Waals surface area contributed by atoms with E-state index < -0.39 is 0 Å². The second kappa shape index (κ2) is 10.9. The van der Waals surface area contributed by atoms with Gasteiger partial charge in [0.05, 0.1) is 0 Å². The largest absolute Gasteiger partial charge is 0.326 e. The molecule has 2 N–H and O–H groups in total. The van der Waals surface area contributed by atoms with Crippen molar-refractivity contribution in [1.82, 2.24) is 10.2 Å². The van der Waals surface area contributed by atoms with Gasteiger partial charge in [-0.2, -0.15) is 11.8 Å². The number of nitrogens with one attached hydrogen (secondary N) is 2. The molecule has 0 radical (unpaired) electrons. The average Bonchev–Trinajstić information content (AvgIpc) is 2.94. The highest BCUT2D eigenvalue weighted by atomic mass is 35.5. The Labute approximate surface area is 179 Å². The fraction of sp³-hybridized carbons (Fsp3) is 0.650. The lowest BCUT2D eigenvalue weighted by Crippen LogP contribution is -2.39. The average molecular weight is 432 g/mol. The third kappa shape index (κ3) is 6.53. The fourth-order valence-corrected chi connectivity index (χ4v) is 5.56. The third-order valence-electron chi connectivity index (χ3n) is 5.77. The molecule has 2 atom stereocenters. The van der Waals surface area contributed by atoms with Gasteiger partial charge in [0.2, 0.25) is 5.91 Å². The van der Waals surface area contributed by atoms with Gasteiger partial charge in [0.1, 0.15) is 0 Å². The summed E-state index contributed by atoms with van der Waals surface area (Å²) >= 11 is 2.04. The summed E-state index contributed by atoms with van der Waals surface area (Å²) in [5, 5.41) is 6.79. The van der Waals surface area contributed by atoms with Crippen molar-refractivity contribution < 1.29 is 4.79 Å². The summed E-state index contributed by atoms with van der Waals surface area (Å²) in [7, 11) is 0. The van der Waals surface area contributed by atoms with Gasteiger partial charge in [0.15, 0.2) is 0 Å². The number of piperidine rings is 1. The summed E-state index contributed by atoms with van der Waals surface area (Å²) in [4.78, 5) is 15.0. The van der Waals surface area contributed by atoms with Crippen LogP contribution in [0.2, 0.25) is 0 Å². The van der Waals surface area contributed by atoms with Crippen LogP contribution >= 0.6 is 36.6 Å². The van der Waals surface area contributed by atoms with Crippen LogP contribution in [0.4, 0.5) is 5.69 Å². The highest BCUT2D eigenvalue weighted by Crippen LogP contribution is 2.32. The Kier molecular flexibility index (Phi) is 9.23. The van der Waals surface area contributed by atoms with Gasteiger partial charge in [0, 0.05) is 55.3 Å². The van der Waals surface area contributed by atoms with Crippen LogP contribution in [0.5, 0.6) is 0 Å². The van der Waals surface area contributed by atoms with E-state index in [1.54, 1.807) is 0 Å². The maximum Gasteiger partial charge on any atom is 0.224 e. The topological polar surface area (TPSA) is 44.4 Å². The summed E-state index contributed by atoms with van der Waals surface area (Å²) in [5.74, 6) is 3.19. The van der Waals surface area contributed by atoms with Gasteiger partial charge in [-0.25, -0.2) is 0 Å². The molecule has 3 saturated heterocycles. The standard InChI is InChI=1S/C20H29N3OS.2ClH/c24-20(13-16-11-18-4-5-19(12-16)21-18)22-17-3-1-2-15(10-17)14-23-6-8-25-9-7-23;;/h1-3,10,16,18-19,21H,4-9,11-14H2,(H,22,24);2*1H. The minimum Gasteiger partial charge on any atom is -0.326 e. The summed E-state index contributed by atoms with van der Waals surface area (Å²) in [6.07, 6.45) is 5.58. The molecule has 2 bridgehead atoms. The van der Waals surface area contributed by atoms with Gasteiger partial charge < -0.3 is 10.6 Å². The molecular formula is C20H31Cl2N3OS. The predicted molar refractivity (Wildman–Crippen MR) is 119 cm³/mol. The lowest BCUT2D eigenvalue weighted by atomic mass is 9.89. The Hall–Kier alpha value is -0.460. The van der Waals surface area contributed by atoms with Crippen molar-refractivity contribution in [3.8, 4) is 0 Å². The Balaban J connectivity index is 0.00000131. The van der Waals surface area contributed by atoms with Gasteiger partial charge in [-0.3, -0.25) is 9.69 Å². The highest BCUT2D eigenvalue weighted by Gasteiger charge is 2.34. The van der Waals surface area contributed by atoms with Crippen LogP contribution in [0.1, 0.15) is 37.7 Å². The SMILES string of the molecule is Cl.Cl.O=C(CC1CC2CCC(C1)N2)Nc1cccc(CN2CCSCC2)c1. The molecule has 7 heteroatoms. The molecule has 0 spiro atoms. The summed E-state index contributed by atoms with van der Waals surface area (Å²) < 4.78 is 0. The van der Waals surface area contributed by atoms with Crippen molar-refractivity contribution in [2.75, 3.05) is 29.9 Å². The van der Waals surface area contributed by atoms with Gasteiger partial charge in [-0.15, -0.1) is 24.8 Å². The van der Waals surface area contributed by atoms with Gasteiger partial charge in [-0.1, -0.05) is 12.1 Å². The van der Waals surface area contributed by atoms with Crippen LogP contribution in [0.3, 0.4) is 0 Å². The number of thioether (sulfide) groups is 1. The molecule has 152 valence electrons. The highest BCUT2D eigenvalue weighted by molar-refractivity contribution is 7.99. The van der Waals surface area contributed by atoms with Crippen LogP contribution < -0.4 is 10.6 Å². The molecule has 3 aliphatic heterocycles. The van der Waals surface area contributed by atoms with E-state index in [1.807, 2.05) is 17.8 Å². The second-order valence-corrected chi connectivity index (χ2v) is 9.04. The number of halogens is 2. The number of amides is 1. The monoisotopic (exact) mass is 431 g/mol. The van der Waals surface area contributed by atoms with Crippen molar-refractivity contribution in [2.45, 2.75) is 50.7 Å². The molecule has 3 aliphatic rings. The number of hydrogen-bond acceptors (Lipinski definition) is 4. The Morgan fingerprint density at radius 3 is 2.56 bits per heavy atom. The quantitative estimate of drug-likeness (QED) is 0.740. The Morgan fingerprint density at radius 1 is 1.15 bits per heavy atom. The maximum atomic E-state index is 12.5. The van der Waals surface area contributed by atoms with Crippen molar-refractivity contribution in [3.63, 3.8) is 0 Å². The van der Waals surface area contributed by atoms with E-state index >= 15 is 0 Å². The van der Waals surface area contributed by atoms with Crippen molar-refractivity contribution in [3.05, 3.63) is 29.8 Å². The van der Waals surface area contributed by atoms with E-state index in [1.165, 1.54) is 43.0 Å². The number of nitrogens with zero attached hydrogens (tertiary/aromatic N) is 1. The number of carbonyl (C=O) groups is 1. The molecule has 3 fully saturated rings. The lowest BCUT2D eigenvalue weighted by Gasteiger charge is -2.28. The molecular weight excluding hydrogens is 401 g/mol. The Bertz CT molecular complexity index is 601. The van der Waals surface area contributed by atoms with E-state index in [0.717, 1.165) is 25.1 Å². The van der Waals surface area contributed by atoms with Crippen molar-refractivity contribution in [1.29, 1.82) is 0 Å². The van der Waals surface area contributed by atoms with Gasteiger partial charge in [0.25, 0.3) is 0 Å². The van der Waals surface area contributed by atoms with Crippen molar-refractivity contribution in [2.24, 2.45) is 5.92 Å². The Morgan fingerprint density at radius 2 is 1.85 bits per heavy atom.